The number of benzene rings is 1. The van der Waals surface area contributed by atoms with Crippen molar-refractivity contribution in [1.29, 1.82) is 0 Å². The van der Waals surface area contributed by atoms with Crippen LogP contribution < -0.4 is 9.47 Å². The van der Waals surface area contributed by atoms with Crippen molar-refractivity contribution < 1.29 is 9.47 Å². The molecule has 0 unspecified atom stereocenters. The van der Waals surface area contributed by atoms with Crippen molar-refractivity contribution in [2.45, 2.75) is 31.2 Å². The summed E-state index contributed by atoms with van der Waals surface area (Å²) in [6, 6.07) is 9.95. The molecule has 0 bridgehead atoms. The SMILES string of the molecule is c1ccn([C@H](Cc2cnc[nH]2)c2nc(C3CC3)nn2-c2ccc3c(c2)OCO3)c1. The van der Waals surface area contributed by atoms with Gasteiger partial charge in [0.15, 0.2) is 23.1 Å². The molecule has 8 heteroatoms. The Balaban J connectivity index is 1.48. The number of H-pyrrole nitrogens is 1. The summed E-state index contributed by atoms with van der Waals surface area (Å²) in [5.41, 5.74) is 1.97. The number of fused-ring (bicyclic) bond motifs is 1. The number of ether oxygens (including phenoxy) is 2. The predicted molar refractivity (Wildman–Crippen MR) is 104 cm³/mol. The van der Waals surface area contributed by atoms with Gasteiger partial charge in [0.25, 0.3) is 0 Å². The second-order valence-electron chi connectivity index (χ2n) is 7.48. The summed E-state index contributed by atoms with van der Waals surface area (Å²) < 4.78 is 15.2. The zero-order chi connectivity index (χ0) is 19.2. The van der Waals surface area contributed by atoms with Crippen LogP contribution in [0.2, 0.25) is 0 Å². The van der Waals surface area contributed by atoms with Crippen LogP contribution in [0.5, 0.6) is 11.5 Å². The average molecular weight is 388 g/mol. The van der Waals surface area contributed by atoms with E-state index in [1.807, 2.05) is 41.2 Å². The number of hydrogen-bond donors (Lipinski definition) is 1. The van der Waals surface area contributed by atoms with Gasteiger partial charge in [-0.1, -0.05) is 0 Å². The van der Waals surface area contributed by atoms with Crippen molar-refractivity contribution in [3.8, 4) is 17.2 Å². The molecule has 1 aliphatic heterocycles. The third-order valence-electron chi connectivity index (χ3n) is 5.45. The third kappa shape index (κ3) is 2.97. The van der Waals surface area contributed by atoms with Gasteiger partial charge in [-0.2, -0.15) is 5.10 Å². The van der Waals surface area contributed by atoms with E-state index in [1.54, 1.807) is 6.33 Å². The van der Waals surface area contributed by atoms with Crippen LogP contribution in [0.1, 0.15) is 42.1 Å². The van der Waals surface area contributed by atoms with Crippen LogP contribution in [-0.4, -0.2) is 36.1 Å². The number of imidazole rings is 1. The second kappa shape index (κ2) is 6.51. The summed E-state index contributed by atoms with van der Waals surface area (Å²) in [5.74, 6) is 3.78. The molecule has 4 heterocycles. The summed E-state index contributed by atoms with van der Waals surface area (Å²) in [6.45, 7) is 0.252. The molecule has 29 heavy (non-hydrogen) atoms. The first-order valence-corrected chi connectivity index (χ1v) is 9.82. The van der Waals surface area contributed by atoms with E-state index in [2.05, 4.69) is 26.9 Å². The molecule has 1 aromatic carbocycles. The number of aromatic amines is 1. The van der Waals surface area contributed by atoms with Gasteiger partial charge in [-0.15, -0.1) is 0 Å². The Kier molecular flexibility index (Phi) is 3.68. The molecule has 1 atom stereocenters. The van der Waals surface area contributed by atoms with Crippen molar-refractivity contribution in [2.24, 2.45) is 0 Å². The number of hydrogen-bond acceptors (Lipinski definition) is 5. The first-order valence-electron chi connectivity index (χ1n) is 9.82. The summed E-state index contributed by atoms with van der Waals surface area (Å²) >= 11 is 0. The van der Waals surface area contributed by atoms with E-state index in [0.717, 1.165) is 53.8 Å². The van der Waals surface area contributed by atoms with E-state index in [4.69, 9.17) is 19.6 Å². The molecule has 4 aromatic rings. The van der Waals surface area contributed by atoms with Gasteiger partial charge in [0, 0.05) is 42.7 Å². The van der Waals surface area contributed by atoms with Crippen molar-refractivity contribution in [1.82, 2.24) is 29.3 Å². The van der Waals surface area contributed by atoms with Crippen LogP contribution in [-0.2, 0) is 6.42 Å². The molecule has 1 saturated carbocycles. The molecule has 8 nitrogen and oxygen atoms in total. The topological polar surface area (TPSA) is 82.8 Å². The fraction of sp³-hybridized carbons (Fsp3) is 0.286. The minimum absolute atomic E-state index is 0.0177. The first-order chi connectivity index (χ1) is 14.3. The molecule has 0 saturated heterocycles. The predicted octanol–water partition coefficient (Wildman–Crippen LogP) is 3.23. The zero-order valence-electron chi connectivity index (χ0n) is 15.7. The molecular weight excluding hydrogens is 368 g/mol. The Morgan fingerprint density at radius 3 is 2.79 bits per heavy atom. The summed E-state index contributed by atoms with van der Waals surface area (Å²) in [5, 5.41) is 4.90. The van der Waals surface area contributed by atoms with Crippen LogP contribution >= 0.6 is 0 Å². The number of nitrogens with one attached hydrogen (secondary N) is 1. The molecule has 0 radical (unpaired) electrons. The first kappa shape index (κ1) is 16.4. The maximum atomic E-state index is 5.58. The van der Waals surface area contributed by atoms with Crippen LogP contribution in [0.3, 0.4) is 0 Å². The lowest BCUT2D eigenvalue weighted by molar-refractivity contribution is 0.174. The third-order valence-corrected chi connectivity index (χ3v) is 5.45. The van der Waals surface area contributed by atoms with E-state index < -0.39 is 0 Å². The summed E-state index contributed by atoms with van der Waals surface area (Å²) in [7, 11) is 0. The van der Waals surface area contributed by atoms with Crippen molar-refractivity contribution in [3.05, 3.63) is 72.6 Å². The van der Waals surface area contributed by atoms with Gasteiger partial charge in [0.05, 0.1) is 18.1 Å². The van der Waals surface area contributed by atoms with E-state index in [1.165, 1.54) is 0 Å². The second-order valence-corrected chi connectivity index (χ2v) is 7.48. The summed E-state index contributed by atoms with van der Waals surface area (Å²) in [4.78, 5) is 12.4. The fourth-order valence-electron chi connectivity index (χ4n) is 3.77. The fourth-order valence-corrected chi connectivity index (χ4v) is 3.77. The largest absolute Gasteiger partial charge is 0.454 e. The normalized spacial score (nSPS) is 16.3. The zero-order valence-corrected chi connectivity index (χ0v) is 15.7. The van der Waals surface area contributed by atoms with Crippen LogP contribution in [0, 0.1) is 0 Å². The van der Waals surface area contributed by atoms with Gasteiger partial charge < -0.3 is 19.0 Å². The van der Waals surface area contributed by atoms with Gasteiger partial charge in [-0.3, -0.25) is 0 Å². The van der Waals surface area contributed by atoms with Gasteiger partial charge in [0.2, 0.25) is 6.79 Å². The summed E-state index contributed by atoms with van der Waals surface area (Å²) in [6.07, 6.45) is 10.7. The minimum Gasteiger partial charge on any atom is -0.454 e. The molecule has 2 aliphatic rings. The van der Waals surface area contributed by atoms with Crippen molar-refractivity contribution in [2.75, 3.05) is 6.79 Å². The lowest BCUT2D eigenvalue weighted by Gasteiger charge is -2.19. The van der Waals surface area contributed by atoms with Crippen LogP contribution in [0.15, 0.2) is 55.2 Å². The lowest BCUT2D eigenvalue weighted by Crippen LogP contribution is -2.18. The quantitative estimate of drug-likeness (QED) is 0.548. The molecule has 1 aliphatic carbocycles. The van der Waals surface area contributed by atoms with E-state index in [0.29, 0.717) is 5.92 Å². The monoisotopic (exact) mass is 388 g/mol. The number of rotatable bonds is 6. The highest BCUT2D eigenvalue weighted by Crippen LogP contribution is 2.40. The van der Waals surface area contributed by atoms with Crippen LogP contribution in [0.25, 0.3) is 5.69 Å². The van der Waals surface area contributed by atoms with E-state index in [9.17, 15) is 0 Å². The average Bonchev–Trinajstić information content (AvgIpc) is 3.25. The van der Waals surface area contributed by atoms with E-state index in [-0.39, 0.29) is 12.8 Å². The van der Waals surface area contributed by atoms with Gasteiger partial charge >= 0.3 is 0 Å². The Morgan fingerprint density at radius 2 is 2.00 bits per heavy atom. The molecule has 6 rings (SSSR count). The van der Waals surface area contributed by atoms with Crippen molar-refractivity contribution >= 4 is 0 Å². The molecule has 1 N–H and O–H groups in total. The highest BCUT2D eigenvalue weighted by Gasteiger charge is 2.32. The molecule has 3 aromatic heterocycles. The number of aromatic nitrogens is 6. The van der Waals surface area contributed by atoms with Gasteiger partial charge in [0.1, 0.15) is 0 Å². The van der Waals surface area contributed by atoms with Crippen LogP contribution in [0.4, 0.5) is 0 Å². The number of nitrogens with zero attached hydrogens (tertiary/aromatic N) is 5. The lowest BCUT2D eigenvalue weighted by atomic mass is 10.1. The standard InChI is InChI=1S/C21H20N6O2/c1-2-8-26(7-1)17(9-15-11-22-12-23-15)21-24-20(14-3-4-14)25-27(21)16-5-6-18-19(10-16)29-13-28-18/h1-2,5-8,10-12,14,17H,3-4,9,13H2,(H,22,23)/t17-/m1/s1. The molecule has 0 amide bonds. The Hall–Kier alpha value is -3.55. The minimum atomic E-state index is -0.0177. The molecule has 146 valence electrons. The molecule has 1 fully saturated rings. The highest BCUT2D eigenvalue weighted by molar-refractivity contribution is 5.50. The maximum Gasteiger partial charge on any atom is 0.231 e. The Labute approximate surface area is 167 Å². The Morgan fingerprint density at radius 1 is 1.14 bits per heavy atom. The van der Waals surface area contributed by atoms with Gasteiger partial charge in [-0.25, -0.2) is 14.6 Å². The molecular formula is C21H20N6O2. The highest BCUT2D eigenvalue weighted by atomic mass is 16.7. The maximum absolute atomic E-state index is 5.58. The van der Waals surface area contributed by atoms with E-state index >= 15 is 0 Å². The van der Waals surface area contributed by atoms with Gasteiger partial charge in [-0.05, 0) is 37.1 Å². The Bertz CT molecular complexity index is 1130. The molecule has 0 spiro atoms. The van der Waals surface area contributed by atoms with Crippen molar-refractivity contribution in [3.63, 3.8) is 0 Å². The smallest absolute Gasteiger partial charge is 0.231 e.